The molecular formula is C14H24N4O. The van der Waals surface area contributed by atoms with E-state index in [-0.39, 0.29) is 17.4 Å². The van der Waals surface area contributed by atoms with Crippen LogP contribution in [0.1, 0.15) is 33.1 Å². The minimum atomic E-state index is -0.0639. The molecule has 2 heterocycles. The van der Waals surface area contributed by atoms with Crippen LogP contribution in [-0.4, -0.2) is 34.8 Å². The number of aryl methyl sites for hydroxylation is 1. The highest BCUT2D eigenvalue weighted by Crippen LogP contribution is 2.29. The van der Waals surface area contributed by atoms with Gasteiger partial charge in [0.05, 0.1) is 6.04 Å². The summed E-state index contributed by atoms with van der Waals surface area (Å²) in [5, 5.41) is 10.5. The first kappa shape index (κ1) is 14.1. The van der Waals surface area contributed by atoms with Gasteiger partial charge in [-0.3, -0.25) is 9.48 Å². The summed E-state index contributed by atoms with van der Waals surface area (Å²) >= 11 is 0. The van der Waals surface area contributed by atoms with Gasteiger partial charge in [-0.2, -0.15) is 5.10 Å². The number of nitrogens with zero attached hydrogens (tertiary/aromatic N) is 2. The van der Waals surface area contributed by atoms with E-state index in [1.807, 2.05) is 16.9 Å². The molecule has 1 aromatic heterocycles. The van der Waals surface area contributed by atoms with E-state index in [1.54, 1.807) is 6.20 Å². The molecule has 2 rings (SSSR count). The molecular weight excluding hydrogens is 240 g/mol. The Morgan fingerprint density at radius 1 is 1.58 bits per heavy atom. The summed E-state index contributed by atoms with van der Waals surface area (Å²) in [4.78, 5) is 12.2. The highest BCUT2D eigenvalue weighted by atomic mass is 16.2. The van der Waals surface area contributed by atoms with Gasteiger partial charge < -0.3 is 10.6 Å². The van der Waals surface area contributed by atoms with Gasteiger partial charge in [0, 0.05) is 25.5 Å². The van der Waals surface area contributed by atoms with Crippen LogP contribution in [0.4, 0.5) is 0 Å². The highest BCUT2D eigenvalue weighted by molar-refractivity contribution is 5.82. The highest BCUT2D eigenvalue weighted by Gasteiger charge is 2.36. The number of nitrogens with one attached hydrogen (secondary N) is 2. The van der Waals surface area contributed by atoms with Crippen LogP contribution < -0.4 is 10.6 Å². The topological polar surface area (TPSA) is 59.0 Å². The molecule has 5 heteroatoms. The van der Waals surface area contributed by atoms with Crippen molar-refractivity contribution in [3.63, 3.8) is 0 Å². The van der Waals surface area contributed by atoms with Gasteiger partial charge in [-0.25, -0.2) is 0 Å². The third-order valence-corrected chi connectivity index (χ3v) is 3.81. The van der Waals surface area contributed by atoms with E-state index in [0.29, 0.717) is 6.54 Å². The van der Waals surface area contributed by atoms with Gasteiger partial charge in [0.25, 0.3) is 0 Å². The Balaban J connectivity index is 1.71. The lowest BCUT2D eigenvalue weighted by atomic mass is 9.77. The molecule has 0 radical (unpaired) electrons. The Morgan fingerprint density at radius 3 is 3.11 bits per heavy atom. The molecule has 1 aliphatic heterocycles. The molecule has 19 heavy (non-hydrogen) atoms. The zero-order valence-electron chi connectivity index (χ0n) is 11.9. The molecule has 0 saturated carbocycles. The van der Waals surface area contributed by atoms with Gasteiger partial charge in [-0.05, 0) is 37.3 Å². The first-order valence-corrected chi connectivity index (χ1v) is 7.08. The van der Waals surface area contributed by atoms with Crippen LogP contribution in [-0.2, 0) is 11.3 Å². The number of carbonyl (C=O) groups is 1. The summed E-state index contributed by atoms with van der Waals surface area (Å²) in [7, 11) is 0. The predicted molar refractivity (Wildman–Crippen MR) is 74.7 cm³/mol. The lowest BCUT2D eigenvalue weighted by Gasteiger charge is -2.38. The first-order chi connectivity index (χ1) is 9.09. The van der Waals surface area contributed by atoms with E-state index in [1.165, 1.54) is 0 Å². The fourth-order valence-electron chi connectivity index (χ4n) is 2.65. The van der Waals surface area contributed by atoms with Crippen LogP contribution in [0.15, 0.2) is 18.5 Å². The summed E-state index contributed by atoms with van der Waals surface area (Å²) in [6, 6.07) is 1.85. The predicted octanol–water partition coefficient (Wildman–Crippen LogP) is 1.17. The van der Waals surface area contributed by atoms with E-state index < -0.39 is 0 Å². The van der Waals surface area contributed by atoms with E-state index in [9.17, 15) is 4.79 Å². The Morgan fingerprint density at radius 2 is 2.42 bits per heavy atom. The Bertz CT molecular complexity index is 400. The van der Waals surface area contributed by atoms with Gasteiger partial charge in [0.15, 0.2) is 0 Å². The molecule has 106 valence electrons. The molecule has 0 aromatic carbocycles. The number of rotatable bonds is 5. The van der Waals surface area contributed by atoms with Crippen molar-refractivity contribution in [2.45, 2.75) is 45.7 Å². The zero-order chi connectivity index (χ0) is 13.7. The van der Waals surface area contributed by atoms with Crippen molar-refractivity contribution in [3.05, 3.63) is 18.5 Å². The van der Waals surface area contributed by atoms with Crippen LogP contribution in [0.25, 0.3) is 0 Å². The SMILES string of the molecule is CC1(C)CCCNC1C(=O)NCCCn1cccn1. The molecule has 1 amide bonds. The number of carbonyl (C=O) groups excluding carboxylic acids is 1. The minimum Gasteiger partial charge on any atom is -0.355 e. The molecule has 1 unspecified atom stereocenters. The maximum absolute atomic E-state index is 12.2. The monoisotopic (exact) mass is 264 g/mol. The van der Waals surface area contributed by atoms with Crippen LogP contribution in [0, 0.1) is 5.41 Å². The van der Waals surface area contributed by atoms with E-state index >= 15 is 0 Å². The smallest absolute Gasteiger partial charge is 0.237 e. The molecule has 1 saturated heterocycles. The van der Waals surface area contributed by atoms with E-state index in [2.05, 4.69) is 29.6 Å². The van der Waals surface area contributed by atoms with Crippen molar-refractivity contribution in [1.82, 2.24) is 20.4 Å². The molecule has 1 fully saturated rings. The summed E-state index contributed by atoms with van der Waals surface area (Å²) in [5.41, 5.74) is 0.0459. The Hall–Kier alpha value is -1.36. The fourth-order valence-corrected chi connectivity index (χ4v) is 2.65. The van der Waals surface area contributed by atoms with Crippen LogP contribution in [0.2, 0.25) is 0 Å². The minimum absolute atomic E-state index is 0.0459. The molecule has 1 aromatic rings. The number of aromatic nitrogens is 2. The quantitative estimate of drug-likeness (QED) is 0.785. The maximum Gasteiger partial charge on any atom is 0.237 e. The first-order valence-electron chi connectivity index (χ1n) is 7.08. The zero-order valence-corrected chi connectivity index (χ0v) is 11.9. The molecule has 0 bridgehead atoms. The third kappa shape index (κ3) is 3.80. The van der Waals surface area contributed by atoms with Crippen molar-refractivity contribution in [1.29, 1.82) is 0 Å². The van der Waals surface area contributed by atoms with Crippen LogP contribution >= 0.6 is 0 Å². The van der Waals surface area contributed by atoms with Crippen molar-refractivity contribution < 1.29 is 4.79 Å². The summed E-state index contributed by atoms with van der Waals surface area (Å²) < 4.78 is 1.88. The van der Waals surface area contributed by atoms with Gasteiger partial charge in [-0.1, -0.05) is 13.8 Å². The van der Waals surface area contributed by atoms with Gasteiger partial charge in [-0.15, -0.1) is 0 Å². The lowest BCUT2D eigenvalue weighted by molar-refractivity contribution is -0.126. The van der Waals surface area contributed by atoms with Crippen molar-refractivity contribution in [2.24, 2.45) is 5.41 Å². The van der Waals surface area contributed by atoms with Gasteiger partial charge >= 0.3 is 0 Å². The average molecular weight is 264 g/mol. The molecule has 5 nitrogen and oxygen atoms in total. The second kappa shape index (κ2) is 6.19. The van der Waals surface area contributed by atoms with Crippen LogP contribution in [0.5, 0.6) is 0 Å². The molecule has 1 aliphatic rings. The Labute approximate surface area is 114 Å². The second-order valence-electron chi connectivity index (χ2n) is 5.89. The average Bonchev–Trinajstić information content (AvgIpc) is 2.87. The second-order valence-corrected chi connectivity index (χ2v) is 5.89. The van der Waals surface area contributed by atoms with Crippen molar-refractivity contribution >= 4 is 5.91 Å². The summed E-state index contributed by atoms with van der Waals surface area (Å²) in [6.07, 6.45) is 6.86. The molecule has 2 N–H and O–H groups in total. The number of hydrogen-bond donors (Lipinski definition) is 2. The standard InChI is InChI=1S/C14H24N4O/c1-14(2)6-3-7-15-12(14)13(19)16-8-4-10-18-11-5-9-17-18/h5,9,11-12,15H,3-4,6-8,10H2,1-2H3,(H,16,19). The number of piperidine rings is 1. The normalized spacial score (nSPS) is 22.1. The molecule has 0 spiro atoms. The number of hydrogen-bond acceptors (Lipinski definition) is 3. The van der Waals surface area contributed by atoms with Crippen LogP contribution in [0.3, 0.4) is 0 Å². The molecule has 0 aliphatic carbocycles. The van der Waals surface area contributed by atoms with E-state index in [0.717, 1.165) is 32.4 Å². The largest absolute Gasteiger partial charge is 0.355 e. The fraction of sp³-hybridized carbons (Fsp3) is 0.714. The van der Waals surface area contributed by atoms with Crippen molar-refractivity contribution in [2.75, 3.05) is 13.1 Å². The summed E-state index contributed by atoms with van der Waals surface area (Å²) in [5.74, 6) is 0.130. The molecule has 1 atom stereocenters. The maximum atomic E-state index is 12.2. The number of amides is 1. The Kier molecular flexibility index (Phi) is 4.58. The van der Waals surface area contributed by atoms with Crippen molar-refractivity contribution in [3.8, 4) is 0 Å². The van der Waals surface area contributed by atoms with Gasteiger partial charge in [0.2, 0.25) is 5.91 Å². The van der Waals surface area contributed by atoms with E-state index in [4.69, 9.17) is 0 Å². The van der Waals surface area contributed by atoms with Gasteiger partial charge in [0.1, 0.15) is 0 Å². The third-order valence-electron chi connectivity index (χ3n) is 3.81. The summed E-state index contributed by atoms with van der Waals surface area (Å²) in [6.45, 7) is 6.80. The lowest BCUT2D eigenvalue weighted by Crippen LogP contribution is -2.55.